The molecule has 1 unspecified atom stereocenters. The van der Waals surface area contributed by atoms with E-state index in [9.17, 15) is 0 Å². The molecule has 0 fully saturated rings. The molecule has 0 aromatic rings. The summed E-state index contributed by atoms with van der Waals surface area (Å²) in [6.07, 6.45) is 2.69. The molecule has 5 nitrogen and oxygen atoms in total. The van der Waals surface area contributed by atoms with E-state index in [4.69, 9.17) is 22.4 Å². The van der Waals surface area contributed by atoms with E-state index in [0.717, 1.165) is 12.0 Å². The third kappa shape index (κ3) is 6.07. The molecule has 0 aliphatic rings. The highest BCUT2D eigenvalue weighted by Crippen LogP contribution is 2.23. The molecule has 0 rings (SSSR count). The van der Waals surface area contributed by atoms with Crippen LogP contribution in [0.2, 0.25) is 19.6 Å². The van der Waals surface area contributed by atoms with Crippen LogP contribution in [-0.2, 0) is 22.4 Å². The van der Waals surface area contributed by atoms with E-state index in [0.29, 0.717) is 6.61 Å². The van der Waals surface area contributed by atoms with Crippen molar-refractivity contribution in [3.63, 3.8) is 0 Å². The first-order valence-electron chi connectivity index (χ1n) is 6.87. The van der Waals surface area contributed by atoms with Crippen molar-refractivity contribution >= 4 is 17.1 Å². The minimum absolute atomic E-state index is 0.348. The highest BCUT2D eigenvalue weighted by atomic mass is 28.4. The lowest BCUT2D eigenvalue weighted by Gasteiger charge is -2.33. The maximum absolute atomic E-state index is 5.91. The molecule has 120 valence electrons. The molecule has 0 amide bonds. The van der Waals surface area contributed by atoms with Crippen molar-refractivity contribution in [2.75, 3.05) is 27.9 Å². The van der Waals surface area contributed by atoms with Crippen LogP contribution in [0.5, 0.6) is 0 Å². The summed E-state index contributed by atoms with van der Waals surface area (Å²) in [5.41, 5.74) is 0.580. The van der Waals surface area contributed by atoms with E-state index in [-0.39, 0.29) is 5.73 Å². The Morgan fingerprint density at radius 1 is 1.05 bits per heavy atom. The Morgan fingerprint density at radius 3 is 1.90 bits per heavy atom. The smallest absolute Gasteiger partial charge is 0.535 e. The molecular formula is C13H30O5Si2. The molecule has 1 atom stereocenters. The summed E-state index contributed by atoms with van der Waals surface area (Å²) in [6.45, 7) is 11.0. The second-order valence-corrected chi connectivity index (χ2v) is 13.0. The third-order valence-electron chi connectivity index (χ3n) is 2.68. The lowest BCUT2D eigenvalue weighted by molar-refractivity contribution is 0.0279. The highest BCUT2D eigenvalue weighted by molar-refractivity contribution is 6.70. The minimum Gasteiger partial charge on any atom is -0.550 e. The molecule has 0 aliphatic heterocycles. The standard InChI is InChI=1S/C13H30O5Si2/c1-9-10-17-13(20(14-3,15-4)16-5)12(2)11-18-19(6,7)8/h11,13H,9-10H2,1-8H3. The number of rotatable bonds is 10. The summed E-state index contributed by atoms with van der Waals surface area (Å²) in [6, 6.07) is 0. The van der Waals surface area contributed by atoms with Crippen LogP contribution < -0.4 is 0 Å². The van der Waals surface area contributed by atoms with Crippen LogP contribution in [0.25, 0.3) is 0 Å². The maximum Gasteiger partial charge on any atom is 0.535 e. The molecule has 0 saturated carbocycles. The Bertz CT molecular complexity index is 289. The molecule has 0 spiro atoms. The Morgan fingerprint density at radius 2 is 1.55 bits per heavy atom. The molecule has 7 heteroatoms. The Hall–Kier alpha value is -0.186. The van der Waals surface area contributed by atoms with Gasteiger partial charge in [-0.25, -0.2) is 0 Å². The first kappa shape index (κ1) is 19.8. The molecule has 20 heavy (non-hydrogen) atoms. The van der Waals surface area contributed by atoms with Gasteiger partial charge in [-0.3, -0.25) is 0 Å². The first-order chi connectivity index (χ1) is 9.26. The van der Waals surface area contributed by atoms with E-state index < -0.39 is 17.1 Å². The molecule has 0 aromatic heterocycles. The fourth-order valence-electron chi connectivity index (χ4n) is 1.65. The van der Waals surface area contributed by atoms with Crippen molar-refractivity contribution < 1.29 is 22.4 Å². The van der Waals surface area contributed by atoms with E-state index in [1.165, 1.54) is 0 Å². The van der Waals surface area contributed by atoms with Crippen LogP contribution in [0.15, 0.2) is 11.8 Å². The molecular weight excluding hydrogens is 292 g/mol. The van der Waals surface area contributed by atoms with Crippen LogP contribution >= 0.6 is 0 Å². The monoisotopic (exact) mass is 322 g/mol. The van der Waals surface area contributed by atoms with E-state index in [1.807, 2.05) is 6.92 Å². The largest absolute Gasteiger partial charge is 0.550 e. The zero-order valence-corrected chi connectivity index (χ0v) is 16.1. The van der Waals surface area contributed by atoms with Crippen LogP contribution in [-0.4, -0.2) is 50.8 Å². The van der Waals surface area contributed by atoms with Crippen molar-refractivity contribution in [2.45, 2.75) is 45.6 Å². The summed E-state index contributed by atoms with van der Waals surface area (Å²) in [7, 11) is 0.250. The Balaban J connectivity index is 5.21. The van der Waals surface area contributed by atoms with E-state index in [2.05, 4.69) is 26.6 Å². The highest BCUT2D eigenvalue weighted by Gasteiger charge is 2.49. The van der Waals surface area contributed by atoms with Gasteiger partial charge in [0.05, 0.1) is 6.26 Å². The van der Waals surface area contributed by atoms with Crippen LogP contribution in [0.1, 0.15) is 20.3 Å². The van der Waals surface area contributed by atoms with Gasteiger partial charge in [-0.2, -0.15) is 0 Å². The second kappa shape index (κ2) is 8.96. The lowest BCUT2D eigenvalue weighted by atomic mass is 10.3. The zero-order valence-electron chi connectivity index (χ0n) is 14.1. The molecule has 0 heterocycles. The maximum atomic E-state index is 5.91. The molecule has 0 radical (unpaired) electrons. The van der Waals surface area contributed by atoms with Crippen LogP contribution in [0.3, 0.4) is 0 Å². The predicted octanol–water partition coefficient (Wildman–Crippen LogP) is 2.95. The van der Waals surface area contributed by atoms with Gasteiger partial charge in [0.1, 0.15) is 0 Å². The van der Waals surface area contributed by atoms with Crippen LogP contribution in [0, 0.1) is 0 Å². The van der Waals surface area contributed by atoms with Gasteiger partial charge in [0.2, 0.25) is 8.32 Å². The van der Waals surface area contributed by atoms with Gasteiger partial charge in [-0.1, -0.05) is 6.92 Å². The van der Waals surface area contributed by atoms with Crippen LogP contribution in [0.4, 0.5) is 0 Å². The van der Waals surface area contributed by atoms with Crippen molar-refractivity contribution in [3.8, 4) is 0 Å². The average molecular weight is 323 g/mol. The van der Waals surface area contributed by atoms with Gasteiger partial charge in [-0.15, -0.1) is 0 Å². The lowest BCUT2D eigenvalue weighted by Crippen LogP contribution is -2.56. The molecule has 0 saturated heterocycles. The quantitative estimate of drug-likeness (QED) is 0.457. The van der Waals surface area contributed by atoms with Gasteiger partial charge < -0.3 is 22.4 Å². The van der Waals surface area contributed by atoms with E-state index >= 15 is 0 Å². The van der Waals surface area contributed by atoms with Gasteiger partial charge in [0, 0.05) is 27.9 Å². The van der Waals surface area contributed by atoms with Gasteiger partial charge in [0.25, 0.3) is 0 Å². The predicted molar refractivity (Wildman–Crippen MR) is 85.0 cm³/mol. The fraction of sp³-hybridized carbons (Fsp3) is 0.846. The SMILES string of the molecule is CCCOC(C(C)=CO[Si](C)(C)C)[Si](OC)(OC)OC. The summed E-state index contributed by atoms with van der Waals surface area (Å²) in [5, 5.41) is 0. The normalized spacial score (nSPS) is 15.3. The molecule has 0 aliphatic carbocycles. The number of ether oxygens (including phenoxy) is 1. The summed E-state index contributed by atoms with van der Waals surface area (Å²) < 4.78 is 28.3. The molecule has 0 N–H and O–H groups in total. The topological polar surface area (TPSA) is 46.2 Å². The number of hydrogen-bond acceptors (Lipinski definition) is 5. The van der Waals surface area contributed by atoms with Gasteiger partial charge >= 0.3 is 8.80 Å². The van der Waals surface area contributed by atoms with Crippen molar-refractivity contribution in [1.82, 2.24) is 0 Å². The second-order valence-electron chi connectivity index (χ2n) is 5.56. The first-order valence-corrected chi connectivity index (χ1v) is 12.1. The third-order valence-corrected chi connectivity index (χ3v) is 6.47. The summed E-state index contributed by atoms with van der Waals surface area (Å²) in [4.78, 5) is 0. The van der Waals surface area contributed by atoms with Crippen molar-refractivity contribution in [3.05, 3.63) is 11.8 Å². The minimum atomic E-state index is -2.90. The Kier molecular flexibility index (Phi) is 8.88. The zero-order chi connectivity index (χ0) is 15.8. The fourth-order valence-corrected chi connectivity index (χ4v) is 4.28. The van der Waals surface area contributed by atoms with E-state index in [1.54, 1.807) is 27.6 Å². The average Bonchev–Trinajstić information content (AvgIpc) is 2.40. The van der Waals surface area contributed by atoms with Gasteiger partial charge in [-0.05, 0) is 38.6 Å². The molecule has 0 aromatic carbocycles. The van der Waals surface area contributed by atoms with Crippen molar-refractivity contribution in [1.29, 1.82) is 0 Å². The Labute approximate surface area is 125 Å². The number of hydrogen-bond donors (Lipinski definition) is 0. The molecule has 0 bridgehead atoms. The summed E-state index contributed by atoms with van der Waals surface area (Å²) in [5.74, 6) is 0. The van der Waals surface area contributed by atoms with Crippen molar-refractivity contribution in [2.24, 2.45) is 0 Å². The summed E-state index contributed by atoms with van der Waals surface area (Å²) >= 11 is 0. The van der Waals surface area contributed by atoms with Gasteiger partial charge in [0.15, 0.2) is 5.73 Å².